The second-order valence-electron chi connectivity index (χ2n) is 5.33. The van der Waals surface area contributed by atoms with Gasteiger partial charge in [0.1, 0.15) is 0 Å². The summed E-state index contributed by atoms with van der Waals surface area (Å²) in [6.45, 7) is 8.22. The molecule has 0 unspecified atom stereocenters. The molecule has 0 aliphatic rings. The number of unbranched alkanes of at least 4 members (excludes halogenated alkanes) is 3. The van der Waals surface area contributed by atoms with E-state index in [-0.39, 0.29) is 5.97 Å². The molecule has 1 rings (SSSR count). The van der Waals surface area contributed by atoms with Crippen LogP contribution < -0.4 is 5.56 Å². The van der Waals surface area contributed by atoms with E-state index in [1.54, 1.807) is 11.5 Å². The number of hydrogen-bond acceptors (Lipinski definition) is 4. The fraction of sp³-hybridized carbons (Fsp3) is 0.562. The highest BCUT2D eigenvalue weighted by atomic mass is 32.1. The summed E-state index contributed by atoms with van der Waals surface area (Å²) in [4.78, 5) is 23.0. The lowest BCUT2D eigenvalue weighted by Gasteiger charge is -2.11. The standard InChI is InChI=1S/C16H23FN2O3S/c1-4-18-11-13(17)14(20)19(16(18)23)9-7-5-6-8-10-22-15(21)12(2)3/h11H,2,4-10H2,1,3H3. The van der Waals surface area contributed by atoms with Gasteiger partial charge in [-0.1, -0.05) is 13.0 Å². The summed E-state index contributed by atoms with van der Waals surface area (Å²) >= 11 is 5.20. The van der Waals surface area contributed by atoms with Crippen LogP contribution in [0.2, 0.25) is 0 Å². The fourth-order valence-electron chi connectivity index (χ4n) is 2.06. The van der Waals surface area contributed by atoms with E-state index in [1.807, 2.05) is 6.92 Å². The molecule has 1 aromatic heterocycles. The van der Waals surface area contributed by atoms with E-state index >= 15 is 0 Å². The second kappa shape index (κ2) is 9.39. The summed E-state index contributed by atoms with van der Waals surface area (Å²) in [6, 6.07) is 0. The van der Waals surface area contributed by atoms with Crippen molar-refractivity contribution in [2.45, 2.75) is 52.6 Å². The quantitative estimate of drug-likeness (QED) is 0.299. The van der Waals surface area contributed by atoms with Crippen molar-refractivity contribution in [3.8, 4) is 0 Å². The molecule has 7 heteroatoms. The first-order valence-electron chi connectivity index (χ1n) is 7.70. The van der Waals surface area contributed by atoms with Crippen LogP contribution in [0, 0.1) is 10.6 Å². The third-order valence-corrected chi connectivity index (χ3v) is 3.85. The Balaban J connectivity index is 2.41. The SMILES string of the molecule is C=C(C)C(=O)OCCCCCCn1c(=O)c(F)cn(CC)c1=S. The lowest BCUT2D eigenvalue weighted by Crippen LogP contribution is -2.27. The minimum Gasteiger partial charge on any atom is -0.462 e. The molecule has 5 nitrogen and oxygen atoms in total. The predicted octanol–water partition coefficient (Wildman–Crippen LogP) is 3.22. The van der Waals surface area contributed by atoms with Gasteiger partial charge in [-0.3, -0.25) is 9.36 Å². The van der Waals surface area contributed by atoms with Gasteiger partial charge < -0.3 is 9.30 Å². The highest BCUT2D eigenvalue weighted by Gasteiger charge is 2.08. The molecule has 1 aromatic rings. The Kier molecular flexibility index (Phi) is 7.88. The molecule has 0 saturated heterocycles. The maximum Gasteiger partial charge on any atom is 0.333 e. The van der Waals surface area contributed by atoms with Crippen LogP contribution in [0.3, 0.4) is 0 Å². The van der Waals surface area contributed by atoms with Gasteiger partial charge >= 0.3 is 5.97 Å². The number of carbonyl (C=O) groups excluding carboxylic acids is 1. The van der Waals surface area contributed by atoms with E-state index in [9.17, 15) is 14.0 Å². The topological polar surface area (TPSA) is 53.2 Å². The first-order valence-corrected chi connectivity index (χ1v) is 8.11. The number of rotatable bonds is 9. The first-order chi connectivity index (χ1) is 10.9. The molecule has 23 heavy (non-hydrogen) atoms. The first kappa shape index (κ1) is 19.3. The van der Waals surface area contributed by atoms with E-state index in [2.05, 4.69) is 6.58 Å². The molecule has 0 radical (unpaired) electrons. The maximum absolute atomic E-state index is 13.6. The second-order valence-corrected chi connectivity index (χ2v) is 5.70. The van der Waals surface area contributed by atoms with Crippen LogP contribution in [0.15, 0.2) is 23.1 Å². The molecule has 0 saturated carbocycles. The van der Waals surface area contributed by atoms with Crippen LogP contribution in [0.4, 0.5) is 4.39 Å². The fourth-order valence-corrected chi connectivity index (χ4v) is 2.41. The molecular weight excluding hydrogens is 319 g/mol. The normalized spacial score (nSPS) is 10.6. The Bertz CT molecular complexity index is 679. The molecule has 0 amide bonds. The minimum atomic E-state index is -0.785. The maximum atomic E-state index is 13.6. The van der Waals surface area contributed by atoms with Gasteiger partial charge in [-0.15, -0.1) is 0 Å². The van der Waals surface area contributed by atoms with Crippen molar-refractivity contribution < 1.29 is 13.9 Å². The van der Waals surface area contributed by atoms with Crippen molar-refractivity contribution in [1.82, 2.24) is 9.13 Å². The van der Waals surface area contributed by atoms with Gasteiger partial charge in [-0.25, -0.2) is 4.79 Å². The highest BCUT2D eigenvalue weighted by molar-refractivity contribution is 7.71. The summed E-state index contributed by atoms with van der Waals surface area (Å²) in [6.07, 6.45) is 4.30. The molecule has 0 bridgehead atoms. The van der Waals surface area contributed by atoms with E-state index in [0.29, 0.717) is 36.5 Å². The van der Waals surface area contributed by atoms with Crippen molar-refractivity contribution >= 4 is 18.2 Å². The average molecular weight is 342 g/mol. The molecule has 0 N–H and O–H groups in total. The number of hydrogen-bond donors (Lipinski definition) is 0. The Hall–Kier alpha value is -1.76. The van der Waals surface area contributed by atoms with Gasteiger partial charge in [0, 0.05) is 24.9 Å². The van der Waals surface area contributed by atoms with Crippen molar-refractivity contribution in [2.24, 2.45) is 0 Å². The van der Waals surface area contributed by atoms with Crippen molar-refractivity contribution in [3.63, 3.8) is 0 Å². The highest BCUT2D eigenvalue weighted by Crippen LogP contribution is 2.04. The third-order valence-electron chi connectivity index (χ3n) is 3.39. The van der Waals surface area contributed by atoms with Crippen LogP contribution in [-0.2, 0) is 22.6 Å². The van der Waals surface area contributed by atoms with Crippen molar-refractivity contribution in [2.75, 3.05) is 6.61 Å². The number of esters is 1. The minimum absolute atomic E-state index is 0.342. The molecule has 1 heterocycles. The average Bonchev–Trinajstić information content (AvgIpc) is 2.52. The van der Waals surface area contributed by atoms with Gasteiger partial charge in [0.25, 0.3) is 5.56 Å². The Morgan fingerprint density at radius 2 is 2.00 bits per heavy atom. The third kappa shape index (κ3) is 5.74. The van der Waals surface area contributed by atoms with Crippen LogP contribution in [0.25, 0.3) is 0 Å². The van der Waals surface area contributed by atoms with E-state index in [0.717, 1.165) is 25.5 Å². The molecule has 0 atom stereocenters. The molecule has 0 spiro atoms. The lowest BCUT2D eigenvalue weighted by molar-refractivity contribution is -0.139. The van der Waals surface area contributed by atoms with Crippen LogP contribution in [0.5, 0.6) is 0 Å². The molecule has 0 aliphatic carbocycles. The number of ether oxygens (including phenoxy) is 1. The summed E-state index contributed by atoms with van der Waals surface area (Å²) in [5.74, 6) is -1.16. The molecule has 0 aromatic carbocycles. The number of halogens is 1. The van der Waals surface area contributed by atoms with Crippen molar-refractivity contribution in [1.29, 1.82) is 0 Å². The van der Waals surface area contributed by atoms with Crippen LogP contribution in [0.1, 0.15) is 39.5 Å². The summed E-state index contributed by atoms with van der Waals surface area (Å²) in [5, 5.41) is 0. The van der Waals surface area contributed by atoms with E-state index < -0.39 is 11.4 Å². The predicted molar refractivity (Wildman–Crippen MR) is 89.4 cm³/mol. The number of nitrogens with zero attached hydrogens (tertiary/aromatic N) is 2. The van der Waals surface area contributed by atoms with E-state index in [1.165, 1.54) is 4.57 Å². The zero-order chi connectivity index (χ0) is 17.4. The van der Waals surface area contributed by atoms with Gasteiger partial charge in [0.05, 0.1) is 6.61 Å². The number of aromatic nitrogens is 2. The lowest BCUT2D eigenvalue weighted by atomic mass is 10.2. The Labute approximate surface area is 140 Å². The smallest absolute Gasteiger partial charge is 0.333 e. The zero-order valence-corrected chi connectivity index (χ0v) is 14.5. The Morgan fingerprint density at radius 3 is 2.61 bits per heavy atom. The summed E-state index contributed by atoms with van der Waals surface area (Å²) < 4.78 is 21.7. The van der Waals surface area contributed by atoms with Gasteiger partial charge in [-0.05, 0) is 45.3 Å². The summed E-state index contributed by atoms with van der Waals surface area (Å²) in [7, 11) is 0. The Morgan fingerprint density at radius 1 is 1.35 bits per heavy atom. The number of aryl methyl sites for hydroxylation is 1. The molecule has 0 fully saturated rings. The number of carbonyl (C=O) groups is 1. The molecular formula is C16H23FN2O3S. The van der Waals surface area contributed by atoms with Crippen LogP contribution >= 0.6 is 12.2 Å². The summed E-state index contributed by atoms with van der Waals surface area (Å²) in [5.41, 5.74) is -0.284. The van der Waals surface area contributed by atoms with Crippen LogP contribution in [-0.4, -0.2) is 21.7 Å². The monoisotopic (exact) mass is 342 g/mol. The largest absolute Gasteiger partial charge is 0.462 e. The van der Waals surface area contributed by atoms with Gasteiger partial charge in [0.15, 0.2) is 4.77 Å². The van der Waals surface area contributed by atoms with Gasteiger partial charge in [0.2, 0.25) is 5.82 Å². The molecule has 128 valence electrons. The van der Waals surface area contributed by atoms with Crippen molar-refractivity contribution in [3.05, 3.63) is 39.3 Å². The molecule has 0 aliphatic heterocycles. The van der Waals surface area contributed by atoms with E-state index in [4.69, 9.17) is 17.0 Å². The van der Waals surface area contributed by atoms with Gasteiger partial charge in [-0.2, -0.15) is 4.39 Å². The zero-order valence-electron chi connectivity index (χ0n) is 13.6.